The molecule has 1 heterocycles. The highest BCUT2D eigenvalue weighted by Crippen LogP contribution is 2.17. The second kappa shape index (κ2) is 5.24. The molecule has 3 nitrogen and oxygen atoms in total. The number of hydrogen-bond donors (Lipinski definition) is 2. The van der Waals surface area contributed by atoms with Crippen LogP contribution in [0.3, 0.4) is 0 Å². The molecule has 1 aromatic heterocycles. The van der Waals surface area contributed by atoms with Crippen LogP contribution in [0.5, 0.6) is 0 Å². The van der Waals surface area contributed by atoms with Crippen LogP contribution in [-0.4, -0.2) is 24.1 Å². The largest absolute Gasteiger partial charge is 0.313 e. The summed E-state index contributed by atoms with van der Waals surface area (Å²) < 4.78 is 0. The van der Waals surface area contributed by atoms with Crippen molar-refractivity contribution in [3.8, 4) is 0 Å². The smallest absolute Gasteiger partial charge is 0.0375 e. The van der Waals surface area contributed by atoms with Crippen molar-refractivity contribution in [1.82, 2.24) is 15.6 Å². The Balaban J connectivity index is 1.60. The summed E-state index contributed by atoms with van der Waals surface area (Å²) in [6, 6.07) is 5.00. The first-order valence-corrected chi connectivity index (χ1v) is 5.70. The van der Waals surface area contributed by atoms with E-state index in [4.69, 9.17) is 0 Å². The zero-order valence-corrected chi connectivity index (χ0v) is 9.29. The first kappa shape index (κ1) is 10.6. The number of pyridine rings is 1. The van der Waals surface area contributed by atoms with Crippen LogP contribution < -0.4 is 10.6 Å². The molecule has 0 aliphatic heterocycles. The van der Waals surface area contributed by atoms with Crippen LogP contribution >= 0.6 is 0 Å². The van der Waals surface area contributed by atoms with Crippen molar-refractivity contribution >= 4 is 0 Å². The molecular weight excluding hydrogens is 186 g/mol. The fourth-order valence-corrected chi connectivity index (χ4v) is 1.60. The minimum atomic E-state index is 0.815. The molecule has 2 N–H and O–H groups in total. The average Bonchev–Trinajstić information content (AvgIpc) is 3.01. The van der Waals surface area contributed by atoms with Gasteiger partial charge in [0.25, 0.3) is 0 Å². The van der Waals surface area contributed by atoms with Gasteiger partial charge >= 0.3 is 0 Å². The zero-order chi connectivity index (χ0) is 10.5. The summed E-state index contributed by atoms with van der Waals surface area (Å²) in [6.07, 6.45) is 4.60. The van der Waals surface area contributed by atoms with Crippen LogP contribution in [0.4, 0.5) is 0 Å². The predicted octanol–water partition coefficient (Wildman–Crippen LogP) is 1.23. The third-order valence-electron chi connectivity index (χ3n) is 2.60. The van der Waals surface area contributed by atoms with Crippen LogP contribution in [-0.2, 0) is 6.54 Å². The van der Waals surface area contributed by atoms with Gasteiger partial charge in [-0.2, -0.15) is 0 Å². The van der Waals surface area contributed by atoms with E-state index in [-0.39, 0.29) is 0 Å². The Morgan fingerprint density at radius 1 is 1.40 bits per heavy atom. The van der Waals surface area contributed by atoms with Gasteiger partial charge < -0.3 is 10.6 Å². The Labute approximate surface area is 91.3 Å². The van der Waals surface area contributed by atoms with Crippen molar-refractivity contribution in [2.75, 3.05) is 13.1 Å². The molecule has 0 saturated heterocycles. The van der Waals surface area contributed by atoms with E-state index in [1.165, 1.54) is 18.4 Å². The van der Waals surface area contributed by atoms with E-state index in [0.29, 0.717) is 0 Å². The minimum Gasteiger partial charge on any atom is -0.313 e. The number of aromatic nitrogens is 1. The number of nitrogens with one attached hydrogen (secondary N) is 2. The third kappa shape index (κ3) is 3.98. The molecule has 1 fully saturated rings. The van der Waals surface area contributed by atoms with Gasteiger partial charge in [0.2, 0.25) is 0 Å². The standard InChI is InChI=1S/C12H19N3/c1-10-8-11(4-5-14-10)9-13-6-7-15-12-2-3-12/h4-5,8,12-13,15H,2-3,6-7,9H2,1H3. The lowest BCUT2D eigenvalue weighted by molar-refractivity contribution is 0.608. The van der Waals surface area contributed by atoms with Crippen LogP contribution in [0.2, 0.25) is 0 Å². The van der Waals surface area contributed by atoms with Crippen LogP contribution in [0.15, 0.2) is 18.3 Å². The van der Waals surface area contributed by atoms with Crippen molar-refractivity contribution in [2.45, 2.75) is 32.4 Å². The van der Waals surface area contributed by atoms with Gasteiger partial charge in [0.15, 0.2) is 0 Å². The average molecular weight is 205 g/mol. The van der Waals surface area contributed by atoms with Gasteiger partial charge in [0.05, 0.1) is 0 Å². The summed E-state index contributed by atoms with van der Waals surface area (Å²) >= 11 is 0. The minimum absolute atomic E-state index is 0.815. The van der Waals surface area contributed by atoms with E-state index in [1.807, 2.05) is 13.1 Å². The van der Waals surface area contributed by atoms with Crippen molar-refractivity contribution in [1.29, 1.82) is 0 Å². The SMILES string of the molecule is Cc1cc(CNCCNC2CC2)ccn1. The molecule has 0 bridgehead atoms. The maximum absolute atomic E-state index is 4.18. The number of rotatable bonds is 6. The Hall–Kier alpha value is -0.930. The maximum Gasteiger partial charge on any atom is 0.0375 e. The highest BCUT2D eigenvalue weighted by Gasteiger charge is 2.19. The molecule has 0 atom stereocenters. The van der Waals surface area contributed by atoms with E-state index in [9.17, 15) is 0 Å². The molecule has 0 aromatic carbocycles. The Kier molecular flexibility index (Phi) is 3.69. The van der Waals surface area contributed by atoms with Crippen molar-refractivity contribution in [3.05, 3.63) is 29.6 Å². The zero-order valence-electron chi connectivity index (χ0n) is 9.29. The molecule has 1 saturated carbocycles. The van der Waals surface area contributed by atoms with Crippen molar-refractivity contribution in [2.24, 2.45) is 0 Å². The molecule has 15 heavy (non-hydrogen) atoms. The molecule has 0 amide bonds. The first-order valence-electron chi connectivity index (χ1n) is 5.70. The molecule has 2 rings (SSSR count). The van der Waals surface area contributed by atoms with Gasteiger partial charge in [-0.3, -0.25) is 4.98 Å². The summed E-state index contributed by atoms with van der Waals surface area (Å²) in [6.45, 7) is 5.08. The molecule has 1 aliphatic carbocycles. The molecule has 1 aromatic rings. The monoisotopic (exact) mass is 205 g/mol. The van der Waals surface area contributed by atoms with Gasteiger partial charge in [-0.25, -0.2) is 0 Å². The lowest BCUT2D eigenvalue weighted by atomic mass is 10.2. The quantitative estimate of drug-likeness (QED) is 0.686. The maximum atomic E-state index is 4.18. The van der Waals surface area contributed by atoms with Gasteiger partial charge in [0.1, 0.15) is 0 Å². The van der Waals surface area contributed by atoms with Crippen molar-refractivity contribution < 1.29 is 0 Å². The fourth-order valence-electron chi connectivity index (χ4n) is 1.60. The summed E-state index contributed by atoms with van der Waals surface area (Å²) in [7, 11) is 0. The topological polar surface area (TPSA) is 37.0 Å². The van der Waals surface area contributed by atoms with Gasteiger partial charge in [0, 0.05) is 37.6 Å². The highest BCUT2D eigenvalue weighted by molar-refractivity contribution is 5.14. The van der Waals surface area contributed by atoms with E-state index in [0.717, 1.165) is 31.4 Å². The fraction of sp³-hybridized carbons (Fsp3) is 0.583. The lowest BCUT2D eigenvalue weighted by Gasteiger charge is -2.06. The van der Waals surface area contributed by atoms with E-state index in [1.54, 1.807) is 0 Å². The first-order chi connectivity index (χ1) is 7.34. The Morgan fingerprint density at radius 2 is 2.27 bits per heavy atom. The molecule has 0 spiro atoms. The van der Waals surface area contributed by atoms with Crippen LogP contribution in [0, 0.1) is 6.92 Å². The Morgan fingerprint density at radius 3 is 3.00 bits per heavy atom. The molecule has 0 radical (unpaired) electrons. The van der Waals surface area contributed by atoms with Crippen LogP contribution in [0.1, 0.15) is 24.1 Å². The summed E-state index contributed by atoms with van der Waals surface area (Å²) in [4.78, 5) is 4.18. The number of nitrogens with zero attached hydrogens (tertiary/aromatic N) is 1. The van der Waals surface area contributed by atoms with Crippen molar-refractivity contribution in [3.63, 3.8) is 0 Å². The molecular formula is C12H19N3. The summed E-state index contributed by atoms with van der Waals surface area (Å²) in [5.41, 5.74) is 2.40. The lowest BCUT2D eigenvalue weighted by Crippen LogP contribution is -2.28. The number of aryl methyl sites for hydroxylation is 1. The second-order valence-electron chi connectivity index (χ2n) is 4.21. The van der Waals surface area contributed by atoms with E-state index < -0.39 is 0 Å². The molecule has 1 aliphatic rings. The van der Waals surface area contributed by atoms with Gasteiger partial charge in [-0.15, -0.1) is 0 Å². The molecule has 82 valence electrons. The molecule has 3 heteroatoms. The Bertz CT molecular complexity index is 307. The second-order valence-corrected chi connectivity index (χ2v) is 4.21. The predicted molar refractivity (Wildman–Crippen MR) is 61.7 cm³/mol. The highest BCUT2D eigenvalue weighted by atomic mass is 15.0. The summed E-state index contributed by atoms with van der Waals surface area (Å²) in [5.74, 6) is 0. The van der Waals surface area contributed by atoms with Gasteiger partial charge in [-0.1, -0.05) is 0 Å². The van der Waals surface area contributed by atoms with E-state index >= 15 is 0 Å². The van der Waals surface area contributed by atoms with E-state index in [2.05, 4.69) is 27.8 Å². The third-order valence-corrected chi connectivity index (χ3v) is 2.60. The normalized spacial score (nSPS) is 15.5. The molecule has 0 unspecified atom stereocenters. The number of hydrogen-bond acceptors (Lipinski definition) is 3. The summed E-state index contributed by atoms with van der Waals surface area (Å²) in [5, 5.41) is 6.90. The van der Waals surface area contributed by atoms with Gasteiger partial charge in [-0.05, 0) is 37.5 Å². The van der Waals surface area contributed by atoms with Crippen LogP contribution in [0.25, 0.3) is 0 Å².